The summed E-state index contributed by atoms with van der Waals surface area (Å²) in [5.41, 5.74) is 1.34. The first kappa shape index (κ1) is 23.4. The number of hydrogen-bond donors (Lipinski definition) is 1. The van der Waals surface area contributed by atoms with Crippen molar-refractivity contribution in [2.75, 3.05) is 14.2 Å². The van der Waals surface area contributed by atoms with E-state index in [1.54, 1.807) is 7.11 Å². The predicted octanol–water partition coefficient (Wildman–Crippen LogP) is 4.96. The van der Waals surface area contributed by atoms with Crippen molar-refractivity contribution in [3.63, 3.8) is 0 Å². The first-order valence-electron chi connectivity index (χ1n) is 13.1. The Morgan fingerprint density at radius 2 is 1.91 bits per heavy atom. The molecule has 5 heteroatoms. The highest BCUT2D eigenvalue weighted by molar-refractivity contribution is 5.89. The van der Waals surface area contributed by atoms with Crippen LogP contribution in [0.5, 0.6) is 5.75 Å². The number of fused-ring (bicyclic) bond motifs is 5. The van der Waals surface area contributed by atoms with Crippen molar-refractivity contribution in [3.8, 4) is 5.75 Å². The lowest BCUT2D eigenvalue weighted by atomic mass is 9.47. The van der Waals surface area contributed by atoms with E-state index in [0.717, 1.165) is 24.2 Å². The Morgan fingerprint density at radius 1 is 1.12 bits per heavy atom. The number of ether oxygens (including phenoxy) is 1. The van der Waals surface area contributed by atoms with Gasteiger partial charge in [0.15, 0.2) is 0 Å². The molecule has 1 aliphatic heterocycles. The molecule has 0 radical (unpaired) electrons. The second-order valence-corrected chi connectivity index (χ2v) is 11.7. The monoisotopic (exact) mass is 464 g/mol. The number of carbonyl (C=O) groups excluding carboxylic acids is 2. The van der Waals surface area contributed by atoms with Gasteiger partial charge in [-0.2, -0.15) is 0 Å². The number of para-hydroxylation sites is 1. The van der Waals surface area contributed by atoms with Gasteiger partial charge in [0.2, 0.25) is 11.8 Å². The Labute approximate surface area is 204 Å². The number of hydrogen-bond acceptors (Lipinski definition) is 3. The van der Waals surface area contributed by atoms with Gasteiger partial charge in [-0.1, -0.05) is 38.1 Å². The molecule has 4 unspecified atom stereocenters. The number of carbonyl (C=O) groups is 2. The van der Waals surface area contributed by atoms with E-state index in [2.05, 4.69) is 25.2 Å². The van der Waals surface area contributed by atoms with E-state index in [1.807, 2.05) is 42.3 Å². The average molecular weight is 465 g/mol. The summed E-state index contributed by atoms with van der Waals surface area (Å²) < 4.78 is 5.43. The molecule has 34 heavy (non-hydrogen) atoms. The van der Waals surface area contributed by atoms with Crippen molar-refractivity contribution in [2.45, 2.75) is 71.4 Å². The smallest absolute Gasteiger partial charge is 0.246 e. The highest BCUT2D eigenvalue weighted by Gasteiger charge is 2.60. The highest BCUT2D eigenvalue weighted by Crippen LogP contribution is 2.65. The maximum absolute atomic E-state index is 13.0. The van der Waals surface area contributed by atoms with E-state index in [9.17, 15) is 9.59 Å². The van der Waals surface area contributed by atoms with E-state index < -0.39 is 0 Å². The SMILES string of the molecule is COc1ccccc1CNC(=O)C[C@H]1CCC2C3CCC4N(C)C(=O)C=C[C@]4(C)C3CC[C@@]21C. The van der Waals surface area contributed by atoms with Crippen molar-refractivity contribution >= 4 is 11.8 Å². The predicted molar refractivity (Wildman–Crippen MR) is 133 cm³/mol. The zero-order valence-corrected chi connectivity index (χ0v) is 21.2. The van der Waals surface area contributed by atoms with E-state index in [1.165, 1.54) is 25.7 Å². The number of benzene rings is 1. The normalized spacial score (nSPS) is 38.6. The zero-order chi connectivity index (χ0) is 24.1. The molecule has 3 saturated carbocycles. The Morgan fingerprint density at radius 3 is 2.71 bits per heavy atom. The van der Waals surface area contributed by atoms with Crippen LogP contribution in [-0.4, -0.2) is 36.9 Å². The van der Waals surface area contributed by atoms with Crippen LogP contribution < -0.4 is 10.1 Å². The second-order valence-electron chi connectivity index (χ2n) is 11.7. The van der Waals surface area contributed by atoms with Gasteiger partial charge in [-0.05, 0) is 79.8 Å². The van der Waals surface area contributed by atoms with Crippen LogP contribution in [0.1, 0.15) is 64.4 Å². The number of likely N-dealkylation sites (N-methyl/N-ethyl adjacent to an activating group) is 1. The van der Waals surface area contributed by atoms with Crippen LogP contribution in [0.3, 0.4) is 0 Å². The number of methoxy groups -OCH3 is 1. The molecule has 3 aliphatic carbocycles. The van der Waals surface area contributed by atoms with Crippen LogP contribution in [0.2, 0.25) is 0 Å². The van der Waals surface area contributed by atoms with Crippen molar-refractivity contribution in [3.05, 3.63) is 42.0 Å². The summed E-state index contributed by atoms with van der Waals surface area (Å²) in [6.45, 7) is 5.38. The third kappa shape index (κ3) is 3.67. The lowest BCUT2D eigenvalue weighted by Gasteiger charge is -2.60. The standard InChI is InChI=1S/C29H40N2O3/c1-28-15-13-23-21(10-12-25-29(23,2)16-14-27(33)31(25)3)22(28)11-9-20(28)17-26(32)30-18-19-7-5-6-8-24(19)34-4/h5-8,14,16,20-23,25H,9-13,15,17-18H2,1-4H3,(H,30,32)/t20-,21?,22?,23?,25?,28-,29-/m1/s1. The Balaban J connectivity index is 1.26. The quantitative estimate of drug-likeness (QED) is 0.670. The fraction of sp³-hybridized carbons (Fsp3) is 0.655. The molecule has 3 fully saturated rings. The molecule has 2 amide bonds. The number of nitrogens with zero attached hydrogens (tertiary/aromatic N) is 1. The van der Waals surface area contributed by atoms with Crippen molar-refractivity contribution in [1.29, 1.82) is 0 Å². The number of rotatable bonds is 5. The van der Waals surface area contributed by atoms with Gasteiger partial charge in [-0.3, -0.25) is 9.59 Å². The molecule has 0 saturated heterocycles. The van der Waals surface area contributed by atoms with Gasteiger partial charge in [0.25, 0.3) is 0 Å². The minimum Gasteiger partial charge on any atom is -0.496 e. The van der Waals surface area contributed by atoms with E-state index >= 15 is 0 Å². The van der Waals surface area contributed by atoms with Gasteiger partial charge in [0.1, 0.15) is 5.75 Å². The van der Waals surface area contributed by atoms with Crippen molar-refractivity contribution < 1.29 is 14.3 Å². The van der Waals surface area contributed by atoms with Crippen molar-refractivity contribution in [2.24, 2.45) is 34.5 Å². The minimum atomic E-state index is 0.0805. The third-order valence-corrected chi connectivity index (χ3v) is 10.4. The van der Waals surface area contributed by atoms with Crippen LogP contribution in [0.15, 0.2) is 36.4 Å². The van der Waals surface area contributed by atoms with Crippen LogP contribution in [0.4, 0.5) is 0 Å². The molecule has 4 aliphatic rings. The molecule has 1 aromatic rings. The topological polar surface area (TPSA) is 58.6 Å². The lowest BCUT2D eigenvalue weighted by Crippen LogP contribution is -2.59. The minimum absolute atomic E-state index is 0.0805. The summed E-state index contributed by atoms with van der Waals surface area (Å²) in [7, 11) is 3.65. The summed E-state index contributed by atoms with van der Waals surface area (Å²) in [6.07, 6.45) is 11.8. The lowest BCUT2D eigenvalue weighted by molar-refractivity contribution is -0.139. The molecule has 7 atom stereocenters. The molecule has 184 valence electrons. The summed E-state index contributed by atoms with van der Waals surface area (Å²) in [4.78, 5) is 27.3. The van der Waals surface area contributed by atoms with Gasteiger partial charge in [0, 0.05) is 37.0 Å². The summed E-state index contributed by atoms with van der Waals surface area (Å²) in [5, 5.41) is 3.16. The van der Waals surface area contributed by atoms with Crippen molar-refractivity contribution in [1.82, 2.24) is 10.2 Å². The molecule has 1 N–H and O–H groups in total. The molecule has 0 aromatic heterocycles. The fourth-order valence-corrected chi connectivity index (χ4v) is 8.52. The van der Waals surface area contributed by atoms with Gasteiger partial charge in [-0.25, -0.2) is 0 Å². The van der Waals surface area contributed by atoms with E-state index in [4.69, 9.17) is 4.74 Å². The van der Waals surface area contributed by atoms with E-state index in [0.29, 0.717) is 42.7 Å². The summed E-state index contributed by atoms with van der Waals surface area (Å²) >= 11 is 0. The molecule has 1 aromatic carbocycles. The summed E-state index contributed by atoms with van der Waals surface area (Å²) in [5.74, 6) is 3.61. The fourth-order valence-electron chi connectivity index (χ4n) is 8.52. The third-order valence-electron chi connectivity index (χ3n) is 10.4. The first-order chi connectivity index (χ1) is 16.3. The molecule has 0 bridgehead atoms. The molecule has 1 heterocycles. The van der Waals surface area contributed by atoms with E-state index in [-0.39, 0.29) is 22.6 Å². The maximum atomic E-state index is 13.0. The van der Waals surface area contributed by atoms with Gasteiger partial charge < -0.3 is 15.0 Å². The van der Waals surface area contributed by atoms with Crippen LogP contribution in [0, 0.1) is 34.5 Å². The Bertz CT molecular complexity index is 989. The van der Waals surface area contributed by atoms with Gasteiger partial charge >= 0.3 is 0 Å². The maximum Gasteiger partial charge on any atom is 0.246 e. The van der Waals surface area contributed by atoms with Crippen LogP contribution in [-0.2, 0) is 16.1 Å². The largest absolute Gasteiger partial charge is 0.496 e. The molecular formula is C29H40N2O3. The molecule has 5 nitrogen and oxygen atoms in total. The van der Waals surface area contributed by atoms with Gasteiger partial charge in [-0.15, -0.1) is 0 Å². The summed E-state index contributed by atoms with van der Waals surface area (Å²) in [6, 6.07) is 8.21. The Hall–Kier alpha value is -2.30. The number of amides is 2. The Kier molecular flexibility index (Phi) is 6.02. The molecule has 5 rings (SSSR count). The van der Waals surface area contributed by atoms with Crippen LogP contribution >= 0.6 is 0 Å². The highest BCUT2D eigenvalue weighted by atomic mass is 16.5. The van der Waals surface area contributed by atoms with Crippen LogP contribution in [0.25, 0.3) is 0 Å². The average Bonchev–Trinajstić information content (AvgIpc) is 3.16. The zero-order valence-electron chi connectivity index (χ0n) is 21.2. The molecule has 0 spiro atoms. The molecular weight excluding hydrogens is 424 g/mol. The second kappa shape index (κ2) is 8.73. The van der Waals surface area contributed by atoms with Gasteiger partial charge in [0.05, 0.1) is 7.11 Å². The first-order valence-corrected chi connectivity index (χ1v) is 13.1. The number of nitrogens with one attached hydrogen (secondary N) is 1.